The molecule has 0 bridgehead atoms. The summed E-state index contributed by atoms with van der Waals surface area (Å²) in [5.41, 5.74) is 2.20. The summed E-state index contributed by atoms with van der Waals surface area (Å²) in [7, 11) is 0. The molecule has 22 heavy (non-hydrogen) atoms. The monoisotopic (exact) mass is 335 g/mol. The van der Waals surface area contributed by atoms with Gasteiger partial charge in [0.05, 0.1) is 10.4 Å². The van der Waals surface area contributed by atoms with Crippen LogP contribution in [-0.4, -0.2) is 41.3 Å². The van der Waals surface area contributed by atoms with Crippen molar-refractivity contribution < 1.29 is 9.59 Å². The standard InChI is InChI=1S/C15H17N3O2S2/c19-14(13-4-2-6-22-13)16-7-11-3-1-5-18(8-11)15(20)12-9-21-10-17-12/h2,4,6,9-11H,1,3,5,7-8H2,(H,16,19)/t11-/m1/s1. The largest absolute Gasteiger partial charge is 0.351 e. The van der Waals surface area contributed by atoms with Crippen molar-refractivity contribution in [3.8, 4) is 0 Å². The molecule has 0 spiro atoms. The topological polar surface area (TPSA) is 62.3 Å². The Bertz CT molecular complexity index is 625. The van der Waals surface area contributed by atoms with Gasteiger partial charge in [-0.3, -0.25) is 9.59 Å². The minimum atomic E-state index is -0.0297. The van der Waals surface area contributed by atoms with Crippen molar-refractivity contribution in [2.75, 3.05) is 19.6 Å². The zero-order valence-electron chi connectivity index (χ0n) is 12.0. The molecule has 0 aromatic carbocycles. The van der Waals surface area contributed by atoms with Crippen LogP contribution in [0.4, 0.5) is 0 Å². The number of hydrogen-bond acceptors (Lipinski definition) is 5. The maximum Gasteiger partial charge on any atom is 0.273 e. The van der Waals surface area contributed by atoms with E-state index in [-0.39, 0.29) is 11.8 Å². The number of nitrogens with zero attached hydrogens (tertiary/aromatic N) is 2. The lowest BCUT2D eigenvalue weighted by atomic mass is 9.97. The van der Waals surface area contributed by atoms with Gasteiger partial charge in [0, 0.05) is 25.0 Å². The number of thiophene rings is 1. The number of amides is 2. The van der Waals surface area contributed by atoms with Crippen molar-refractivity contribution in [1.29, 1.82) is 0 Å². The fourth-order valence-corrected chi connectivity index (χ4v) is 3.79. The minimum Gasteiger partial charge on any atom is -0.351 e. The highest BCUT2D eigenvalue weighted by Gasteiger charge is 2.25. The van der Waals surface area contributed by atoms with E-state index >= 15 is 0 Å². The van der Waals surface area contributed by atoms with Crippen LogP contribution in [-0.2, 0) is 0 Å². The van der Waals surface area contributed by atoms with E-state index in [1.165, 1.54) is 22.7 Å². The van der Waals surface area contributed by atoms with Gasteiger partial charge >= 0.3 is 0 Å². The van der Waals surface area contributed by atoms with Crippen LogP contribution in [0, 0.1) is 5.92 Å². The molecule has 2 aromatic rings. The third-order valence-electron chi connectivity index (χ3n) is 3.75. The molecule has 7 heteroatoms. The molecule has 1 aliphatic rings. The lowest BCUT2D eigenvalue weighted by Crippen LogP contribution is -2.43. The molecule has 2 aromatic heterocycles. The minimum absolute atomic E-state index is 0.00414. The summed E-state index contributed by atoms with van der Waals surface area (Å²) in [5, 5.41) is 6.64. The Kier molecular flexibility index (Phi) is 4.84. The van der Waals surface area contributed by atoms with Gasteiger partial charge in [0.15, 0.2) is 0 Å². The van der Waals surface area contributed by atoms with Crippen LogP contribution in [0.2, 0.25) is 0 Å². The number of piperidine rings is 1. The van der Waals surface area contributed by atoms with E-state index in [4.69, 9.17) is 0 Å². The molecule has 0 radical (unpaired) electrons. The van der Waals surface area contributed by atoms with Crippen molar-refractivity contribution >= 4 is 34.5 Å². The van der Waals surface area contributed by atoms with Gasteiger partial charge in [-0.15, -0.1) is 22.7 Å². The lowest BCUT2D eigenvalue weighted by Gasteiger charge is -2.32. The van der Waals surface area contributed by atoms with Crippen LogP contribution < -0.4 is 5.32 Å². The molecule has 3 rings (SSSR count). The molecule has 1 aliphatic heterocycles. The molecule has 0 aliphatic carbocycles. The van der Waals surface area contributed by atoms with Crippen LogP contribution in [0.3, 0.4) is 0 Å². The SMILES string of the molecule is O=C(NC[C@H]1CCCN(C(=O)c2cscn2)C1)c1cccs1. The summed E-state index contributed by atoms with van der Waals surface area (Å²) < 4.78 is 0. The van der Waals surface area contributed by atoms with Gasteiger partial charge in [0.25, 0.3) is 11.8 Å². The molecule has 1 atom stereocenters. The van der Waals surface area contributed by atoms with Gasteiger partial charge in [0.2, 0.25) is 0 Å². The first-order chi connectivity index (χ1) is 10.7. The second-order valence-electron chi connectivity index (χ2n) is 5.32. The Labute approximate surface area is 137 Å². The normalized spacial score (nSPS) is 18.2. The Morgan fingerprint density at radius 3 is 3.09 bits per heavy atom. The first kappa shape index (κ1) is 15.2. The quantitative estimate of drug-likeness (QED) is 0.934. The molecular weight excluding hydrogens is 318 g/mol. The average molecular weight is 335 g/mol. The second-order valence-corrected chi connectivity index (χ2v) is 6.99. The number of carbonyl (C=O) groups excluding carboxylic acids is 2. The molecule has 1 saturated heterocycles. The second kappa shape index (κ2) is 7.02. The van der Waals surface area contributed by atoms with E-state index in [0.29, 0.717) is 24.7 Å². The molecular formula is C15H17N3O2S2. The van der Waals surface area contributed by atoms with Crippen molar-refractivity contribution in [3.63, 3.8) is 0 Å². The molecule has 0 saturated carbocycles. The highest BCUT2D eigenvalue weighted by molar-refractivity contribution is 7.12. The lowest BCUT2D eigenvalue weighted by molar-refractivity contribution is 0.0666. The summed E-state index contributed by atoms with van der Waals surface area (Å²) in [6.07, 6.45) is 2.00. The van der Waals surface area contributed by atoms with Crippen molar-refractivity contribution in [2.45, 2.75) is 12.8 Å². The van der Waals surface area contributed by atoms with Crippen LogP contribution in [0.25, 0.3) is 0 Å². The number of likely N-dealkylation sites (tertiary alicyclic amines) is 1. The van der Waals surface area contributed by atoms with E-state index in [2.05, 4.69) is 10.3 Å². The fraction of sp³-hybridized carbons (Fsp3) is 0.400. The first-order valence-electron chi connectivity index (χ1n) is 7.23. The molecule has 1 fully saturated rings. The number of nitrogens with one attached hydrogen (secondary N) is 1. The Morgan fingerprint density at radius 1 is 1.45 bits per heavy atom. The summed E-state index contributed by atoms with van der Waals surface area (Å²) in [6.45, 7) is 2.06. The average Bonchev–Trinajstić information content (AvgIpc) is 3.25. The number of rotatable bonds is 4. The molecule has 2 amide bonds. The number of thiazole rings is 1. The Morgan fingerprint density at radius 2 is 2.36 bits per heavy atom. The zero-order chi connectivity index (χ0) is 15.4. The predicted molar refractivity (Wildman–Crippen MR) is 87.4 cm³/mol. The van der Waals surface area contributed by atoms with Crippen LogP contribution in [0.1, 0.15) is 33.0 Å². The van der Waals surface area contributed by atoms with Crippen LogP contribution in [0.15, 0.2) is 28.4 Å². The highest BCUT2D eigenvalue weighted by atomic mass is 32.1. The van der Waals surface area contributed by atoms with E-state index in [0.717, 1.165) is 24.3 Å². The van der Waals surface area contributed by atoms with Gasteiger partial charge < -0.3 is 10.2 Å². The molecule has 3 heterocycles. The molecule has 0 unspecified atom stereocenters. The predicted octanol–water partition coefficient (Wildman–Crippen LogP) is 2.49. The number of hydrogen-bond donors (Lipinski definition) is 1. The van der Waals surface area contributed by atoms with Crippen LogP contribution in [0.5, 0.6) is 0 Å². The summed E-state index contributed by atoms with van der Waals surface area (Å²) in [4.78, 5) is 30.9. The molecule has 116 valence electrons. The van der Waals surface area contributed by atoms with Crippen molar-refractivity contribution in [1.82, 2.24) is 15.2 Å². The highest BCUT2D eigenvalue weighted by Crippen LogP contribution is 2.18. The van der Waals surface area contributed by atoms with Gasteiger partial charge in [-0.2, -0.15) is 0 Å². The molecule has 1 N–H and O–H groups in total. The third kappa shape index (κ3) is 3.53. The summed E-state index contributed by atoms with van der Waals surface area (Å²) >= 11 is 2.87. The van der Waals surface area contributed by atoms with Gasteiger partial charge in [-0.05, 0) is 30.2 Å². The molecule has 5 nitrogen and oxygen atoms in total. The fourth-order valence-electron chi connectivity index (χ4n) is 2.63. The van der Waals surface area contributed by atoms with Crippen molar-refractivity contribution in [2.24, 2.45) is 5.92 Å². The maximum atomic E-state index is 12.3. The smallest absolute Gasteiger partial charge is 0.273 e. The summed E-state index contributed by atoms with van der Waals surface area (Å²) in [5.74, 6) is 0.272. The van der Waals surface area contributed by atoms with Crippen molar-refractivity contribution in [3.05, 3.63) is 39.0 Å². The summed E-state index contributed by atoms with van der Waals surface area (Å²) in [6, 6.07) is 3.69. The third-order valence-corrected chi connectivity index (χ3v) is 5.21. The Hall–Kier alpha value is -1.73. The zero-order valence-corrected chi connectivity index (χ0v) is 13.7. The van der Waals surface area contributed by atoms with E-state index in [1.807, 2.05) is 22.4 Å². The number of aromatic nitrogens is 1. The number of carbonyl (C=O) groups is 2. The first-order valence-corrected chi connectivity index (χ1v) is 9.05. The van der Waals surface area contributed by atoms with Gasteiger partial charge in [-0.25, -0.2) is 4.98 Å². The van der Waals surface area contributed by atoms with Crippen LogP contribution >= 0.6 is 22.7 Å². The van der Waals surface area contributed by atoms with Gasteiger partial charge in [-0.1, -0.05) is 6.07 Å². The Balaban J connectivity index is 1.52. The van der Waals surface area contributed by atoms with E-state index in [1.54, 1.807) is 10.9 Å². The van der Waals surface area contributed by atoms with E-state index < -0.39 is 0 Å². The van der Waals surface area contributed by atoms with Gasteiger partial charge in [0.1, 0.15) is 5.69 Å². The maximum absolute atomic E-state index is 12.3. The van der Waals surface area contributed by atoms with E-state index in [9.17, 15) is 9.59 Å².